The summed E-state index contributed by atoms with van der Waals surface area (Å²) < 4.78 is 5.64. The maximum Gasteiger partial charge on any atom is 0.123 e. The quantitative estimate of drug-likeness (QED) is 0.634. The van der Waals surface area contributed by atoms with E-state index in [0.717, 1.165) is 12.4 Å². The van der Waals surface area contributed by atoms with E-state index in [1.165, 1.54) is 16.3 Å². The lowest BCUT2D eigenvalue weighted by Crippen LogP contribution is -1.95. The highest BCUT2D eigenvalue weighted by Crippen LogP contribution is 2.39. The van der Waals surface area contributed by atoms with Gasteiger partial charge in [0, 0.05) is 11.5 Å². The molecule has 1 atom stereocenters. The number of benzene rings is 2. The molecule has 74 valence electrons. The van der Waals surface area contributed by atoms with Crippen LogP contribution in [0.4, 0.5) is 0 Å². The molecule has 1 heteroatoms. The second-order valence-corrected chi connectivity index (χ2v) is 3.85. The number of hydrogen-bond acceptors (Lipinski definition) is 1. The molecule has 0 radical (unpaired) electrons. The molecule has 0 aliphatic carbocycles. The molecule has 1 aliphatic rings. The molecule has 2 aromatic carbocycles. The van der Waals surface area contributed by atoms with Crippen molar-refractivity contribution in [2.24, 2.45) is 0 Å². The van der Waals surface area contributed by atoms with Crippen molar-refractivity contribution in [2.75, 3.05) is 6.61 Å². The summed E-state index contributed by atoms with van der Waals surface area (Å²) >= 11 is 0. The van der Waals surface area contributed by atoms with Crippen molar-refractivity contribution in [3.8, 4) is 5.75 Å². The highest BCUT2D eigenvalue weighted by atomic mass is 16.5. The summed E-state index contributed by atoms with van der Waals surface area (Å²) in [6.07, 6.45) is 1.97. The van der Waals surface area contributed by atoms with E-state index in [9.17, 15) is 0 Å². The fraction of sp³-hybridized carbons (Fsp3) is 0.143. The second kappa shape index (κ2) is 3.13. The summed E-state index contributed by atoms with van der Waals surface area (Å²) in [7, 11) is 0. The van der Waals surface area contributed by atoms with Gasteiger partial charge in [-0.05, 0) is 16.8 Å². The third kappa shape index (κ3) is 1.16. The van der Waals surface area contributed by atoms with Crippen molar-refractivity contribution in [3.05, 3.63) is 54.6 Å². The second-order valence-electron chi connectivity index (χ2n) is 3.85. The maximum atomic E-state index is 5.64. The summed E-state index contributed by atoms with van der Waals surface area (Å²) in [4.78, 5) is 0. The molecule has 0 spiro atoms. The first kappa shape index (κ1) is 8.54. The molecule has 2 aromatic rings. The molecular formula is C14H12O. The van der Waals surface area contributed by atoms with Gasteiger partial charge in [0.15, 0.2) is 0 Å². The monoisotopic (exact) mass is 196 g/mol. The number of fused-ring (bicyclic) bond motifs is 3. The summed E-state index contributed by atoms with van der Waals surface area (Å²) in [6, 6.07) is 12.6. The van der Waals surface area contributed by atoms with E-state index in [-0.39, 0.29) is 0 Å². The van der Waals surface area contributed by atoms with E-state index in [2.05, 4.69) is 43.0 Å². The average Bonchev–Trinajstić information content (AvgIpc) is 2.72. The van der Waals surface area contributed by atoms with Crippen LogP contribution in [0.3, 0.4) is 0 Å². The van der Waals surface area contributed by atoms with Crippen molar-refractivity contribution < 1.29 is 4.74 Å². The standard InChI is InChI=1S/C14H12O/c1-2-10-9-15-13-8-7-11-5-3-4-6-12(11)14(10)13/h2-8,10H,1,9H2. The molecular weight excluding hydrogens is 184 g/mol. The molecule has 1 aliphatic heterocycles. The molecule has 0 aromatic heterocycles. The summed E-state index contributed by atoms with van der Waals surface area (Å²) in [5, 5.41) is 2.56. The highest BCUT2D eigenvalue weighted by Gasteiger charge is 2.23. The van der Waals surface area contributed by atoms with Crippen LogP contribution in [-0.2, 0) is 0 Å². The SMILES string of the molecule is C=CC1COc2ccc3ccccc3c21. The van der Waals surface area contributed by atoms with Crippen molar-refractivity contribution in [1.29, 1.82) is 0 Å². The lowest BCUT2D eigenvalue weighted by Gasteiger charge is -2.06. The van der Waals surface area contributed by atoms with Gasteiger partial charge in [0.05, 0.1) is 6.61 Å². The van der Waals surface area contributed by atoms with Crippen LogP contribution in [0.1, 0.15) is 11.5 Å². The first-order valence-electron chi connectivity index (χ1n) is 5.17. The lowest BCUT2D eigenvalue weighted by molar-refractivity contribution is 0.345. The minimum absolute atomic E-state index is 0.339. The van der Waals surface area contributed by atoms with E-state index >= 15 is 0 Å². The zero-order valence-corrected chi connectivity index (χ0v) is 8.44. The van der Waals surface area contributed by atoms with Crippen LogP contribution in [0.15, 0.2) is 49.1 Å². The van der Waals surface area contributed by atoms with Crippen LogP contribution in [0, 0.1) is 0 Å². The molecule has 0 saturated heterocycles. The van der Waals surface area contributed by atoms with Gasteiger partial charge in [0.25, 0.3) is 0 Å². The predicted octanol–water partition coefficient (Wildman–Crippen LogP) is 3.50. The lowest BCUT2D eigenvalue weighted by atomic mass is 9.95. The fourth-order valence-corrected chi connectivity index (χ4v) is 2.23. The Hall–Kier alpha value is -1.76. The maximum absolute atomic E-state index is 5.64. The fourth-order valence-electron chi connectivity index (χ4n) is 2.23. The third-order valence-electron chi connectivity index (χ3n) is 3.00. The smallest absolute Gasteiger partial charge is 0.123 e. The van der Waals surface area contributed by atoms with E-state index in [1.54, 1.807) is 0 Å². The molecule has 0 amide bonds. The van der Waals surface area contributed by atoms with Gasteiger partial charge in [0.1, 0.15) is 5.75 Å². The van der Waals surface area contributed by atoms with Gasteiger partial charge in [-0.2, -0.15) is 0 Å². The Morgan fingerprint density at radius 1 is 1.20 bits per heavy atom. The Labute approximate surface area is 89.0 Å². The normalized spacial score (nSPS) is 18.5. The predicted molar refractivity (Wildman–Crippen MR) is 62.4 cm³/mol. The topological polar surface area (TPSA) is 9.23 Å². The molecule has 0 saturated carbocycles. The molecule has 0 N–H and O–H groups in total. The Bertz CT molecular complexity index is 528. The Balaban J connectivity index is 2.37. The van der Waals surface area contributed by atoms with Gasteiger partial charge in [0.2, 0.25) is 0 Å². The summed E-state index contributed by atoms with van der Waals surface area (Å²) in [5.74, 6) is 1.35. The number of rotatable bonds is 1. The van der Waals surface area contributed by atoms with E-state index in [4.69, 9.17) is 4.74 Å². The van der Waals surface area contributed by atoms with Crippen molar-refractivity contribution >= 4 is 10.8 Å². The zero-order chi connectivity index (χ0) is 10.3. The highest BCUT2D eigenvalue weighted by molar-refractivity contribution is 5.89. The minimum Gasteiger partial charge on any atom is -0.492 e. The largest absolute Gasteiger partial charge is 0.492 e. The van der Waals surface area contributed by atoms with Gasteiger partial charge in [-0.25, -0.2) is 0 Å². The molecule has 0 fully saturated rings. The summed E-state index contributed by atoms with van der Waals surface area (Å²) in [5.41, 5.74) is 1.29. The van der Waals surface area contributed by atoms with Gasteiger partial charge in [-0.15, -0.1) is 6.58 Å². The van der Waals surface area contributed by atoms with Gasteiger partial charge in [-0.1, -0.05) is 36.4 Å². The van der Waals surface area contributed by atoms with E-state index in [1.807, 2.05) is 6.08 Å². The molecule has 0 bridgehead atoms. The number of hydrogen-bond donors (Lipinski definition) is 0. The van der Waals surface area contributed by atoms with Gasteiger partial charge >= 0.3 is 0 Å². The molecule has 1 nitrogen and oxygen atoms in total. The van der Waals surface area contributed by atoms with E-state index in [0.29, 0.717) is 5.92 Å². The summed E-state index contributed by atoms with van der Waals surface area (Å²) in [6.45, 7) is 4.60. The Morgan fingerprint density at radius 2 is 2.07 bits per heavy atom. The average molecular weight is 196 g/mol. The third-order valence-corrected chi connectivity index (χ3v) is 3.00. The van der Waals surface area contributed by atoms with Gasteiger partial charge in [-0.3, -0.25) is 0 Å². The Morgan fingerprint density at radius 3 is 2.93 bits per heavy atom. The van der Waals surface area contributed by atoms with Crippen LogP contribution in [0.25, 0.3) is 10.8 Å². The number of ether oxygens (including phenoxy) is 1. The van der Waals surface area contributed by atoms with Gasteiger partial charge < -0.3 is 4.74 Å². The van der Waals surface area contributed by atoms with Crippen LogP contribution in [0.2, 0.25) is 0 Å². The Kier molecular flexibility index (Phi) is 1.78. The molecule has 1 unspecified atom stereocenters. The van der Waals surface area contributed by atoms with Crippen LogP contribution in [0.5, 0.6) is 5.75 Å². The first-order chi connectivity index (χ1) is 7.40. The molecule has 1 heterocycles. The van der Waals surface area contributed by atoms with Crippen molar-refractivity contribution in [3.63, 3.8) is 0 Å². The van der Waals surface area contributed by atoms with E-state index < -0.39 is 0 Å². The molecule has 15 heavy (non-hydrogen) atoms. The van der Waals surface area contributed by atoms with Crippen molar-refractivity contribution in [1.82, 2.24) is 0 Å². The van der Waals surface area contributed by atoms with Crippen molar-refractivity contribution in [2.45, 2.75) is 5.92 Å². The first-order valence-corrected chi connectivity index (χ1v) is 5.17. The zero-order valence-electron chi connectivity index (χ0n) is 8.44. The molecule has 3 rings (SSSR count). The minimum atomic E-state index is 0.339. The van der Waals surface area contributed by atoms with Crippen LogP contribution >= 0.6 is 0 Å². The van der Waals surface area contributed by atoms with Crippen LogP contribution in [-0.4, -0.2) is 6.61 Å². The van der Waals surface area contributed by atoms with Crippen LogP contribution < -0.4 is 4.74 Å².